The average molecular weight is 306 g/mol. The van der Waals surface area contributed by atoms with E-state index in [4.69, 9.17) is 21.1 Å². The number of hydrogen-bond donors (Lipinski definition) is 1. The lowest BCUT2D eigenvalue weighted by Crippen LogP contribution is -2.20. The molecule has 1 aliphatic rings. The van der Waals surface area contributed by atoms with Crippen LogP contribution in [0.25, 0.3) is 0 Å². The van der Waals surface area contributed by atoms with E-state index in [1.54, 1.807) is 12.1 Å². The van der Waals surface area contributed by atoms with Gasteiger partial charge in [-0.05, 0) is 6.42 Å². The van der Waals surface area contributed by atoms with Crippen molar-refractivity contribution >= 4 is 27.1 Å². The lowest BCUT2D eigenvalue weighted by Gasteiger charge is -2.17. The van der Waals surface area contributed by atoms with Gasteiger partial charge in [-0.15, -0.1) is 0 Å². The minimum Gasteiger partial charge on any atom is -0.495 e. The predicted molar refractivity (Wildman–Crippen MR) is 75.2 cm³/mol. The normalized spacial score (nSPS) is 21.1. The van der Waals surface area contributed by atoms with Crippen molar-refractivity contribution in [1.29, 1.82) is 0 Å². The van der Waals surface area contributed by atoms with Gasteiger partial charge in [0.2, 0.25) is 0 Å². The Morgan fingerprint density at radius 3 is 2.47 bits per heavy atom. The summed E-state index contributed by atoms with van der Waals surface area (Å²) < 4.78 is 33.3. The van der Waals surface area contributed by atoms with Crippen LogP contribution in [0.15, 0.2) is 12.1 Å². The summed E-state index contributed by atoms with van der Waals surface area (Å²) in [7, 11) is 0.142. The molecule has 1 saturated heterocycles. The van der Waals surface area contributed by atoms with Gasteiger partial charge in [-0.1, -0.05) is 11.6 Å². The first-order chi connectivity index (χ1) is 8.95. The van der Waals surface area contributed by atoms with E-state index >= 15 is 0 Å². The molecule has 0 radical (unpaired) electrons. The smallest absolute Gasteiger partial charge is 0.152 e. The molecule has 1 aromatic rings. The number of rotatable bonds is 4. The van der Waals surface area contributed by atoms with Crippen LogP contribution in [-0.2, 0) is 9.84 Å². The molecule has 0 aromatic heterocycles. The van der Waals surface area contributed by atoms with Crippen LogP contribution in [0.3, 0.4) is 0 Å². The maximum absolute atomic E-state index is 11.4. The molecule has 1 aromatic carbocycles. The van der Waals surface area contributed by atoms with E-state index in [2.05, 4.69) is 5.32 Å². The number of methoxy groups -OCH3 is 2. The summed E-state index contributed by atoms with van der Waals surface area (Å²) in [4.78, 5) is 0. The zero-order valence-corrected chi connectivity index (χ0v) is 12.3. The molecule has 5 nitrogen and oxygen atoms in total. The van der Waals surface area contributed by atoms with E-state index in [0.717, 1.165) is 0 Å². The second kappa shape index (κ2) is 5.46. The third-order valence-corrected chi connectivity index (χ3v) is 5.13. The maximum Gasteiger partial charge on any atom is 0.152 e. The Morgan fingerprint density at radius 2 is 1.95 bits per heavy atom. The van der Waals surface area contributed by atoms with Crippen molar-refractivity contribution in [2.75, 3.05) is 31.0 Å². The van der Waals surface area contributed by atoms with Crippen LogP contribution in [0.4, 0.5) is 5.69 Å². The number of sulfone groups is 1. The van der Waals surface area contributed by atoms with Gasteiger partial charge in [0.25, 0.3) is 0 Å². The van der Waals surface area contributed by atoms with Crippen LogP contribution in [0.2, 0.25) is 5.02 Å². The van der Waals surface area contributed by atoms with Crippen LogP contribution in [-0.4, -0.2) is 40.2 Å². The van der Waals surface area contributed by atoms with E-state index in [0.29, 0.717) is 28.6 Å². The Bertz CT molecular complexity index is 573. The van der Waals surface area contributed by atoms with Gasteiger partial charge >= 0.3 is 0 Å². The van der Waals surface area contributed by atoms with Gasteiger partial charge in [-0.3, -0.25) is 0 Å². The summed E-state index contributed by atoms with van der Waals surface area (Å²) in [6.07, 6.45) is 0.594. The standard InChI is InChI=1S/C12H16ClNO4S/c1-17-11-6-10(12(18-2)5-9(11)13)14-8-3-4-19(15,16)7-8/h5-6,8,14H,3-4,7H2,1-2H3. The zero-order valence-electron chi connectivity index (χ0n) is 10.8. The fraction of sp³-hybridized carbons (Fsp3) is 0.500. The molecule has 0 bridgehead atoms. The largest absolute Gasteiger partial charge is 0.495 e. The highest BCUT2D eigenvalue weighted by atomic mass is 35.5. The number of benzene rings is 1. The minimum absolute atomic E-state index is 0.107. The van der Waals surface area contributed by atoms with Crippen molar-refractivity contribution in [3.05, 3.63) is 17.2 Å². The third kappa shape index (κ3) is 3.25. The summed E-state index contributed by atoms with van der Waals surface area (Å²) in [6, 6.07) is 3.25. The molecule has 7 heteroatoms. The minimum atomic E-state index is -2.92. The maximum atomic E-state index is 11.4. The van der Waals surface area contributed by atoms with Gasteiger partial charge in [-0.2, -0.15) is 0 Å². The molecule has 1 heterocycles. The second-order valence-electron chi connectivity index (χ2n) is 4.43. The van der Waals surface area contributed by atoms with Crippen LogP contribution in [0, 0.1) is 0 Å². The lowest BCUT2D eigenvalue weighted by atomic mass is 10.2. The summed E-state index contributed by atoms with van der Waals surface area (Å²) >= 11 is 6.01. The molecule has 0 spiro atoms. The molecule has 0 saturated carbocycles. The van der Waals surface area contributed by atoms with Crippen LogP contribution < -0.4 is 14.8 Å². The SMILES string of the molecule is COc1cc(NC2CCS(=O)(=O)C2)c(OC)cc1Cl. The molecule has 19 heavy (non-hydrogen) atoms. The van der Waals surface area contributed by atoms with Gasteiger partial charge in [0, 0.05) is 18.2 Å². The Kier molecular flexibility index (Phi) is 4.10. The summed E-state index contributed by atoms with van der Waals surface area (Å²) in [6.45, 7) is 0. The molecule has 0 aliphatic carbocycles. The van der Waals surface area contributed by atoms with Crippen molar-refractivity contribution in [2.45, 2.75) is 12.5 Å². The third-order valence-electron chi connectivity index (χ3n) is 3.07. The van der Waals surface area contributed by atoms with Gasteiger partial charge in [-0.25, -0.2) is 8.42 Å². The Hall–Kier alpha value is -1.14. The van der Waals surface area contributed by atoms with Gasteiger partial charge in [0.05, 0.1) is 36.4 Å². The number of halogens is 1. The second-order valence-corrected chi connectivity index (χ2v) is 7.07. The number of hydrogen-bond acceptors (Lipinski definition) is 5. The Balaban J connectivity index is 2.24. The number of anilines is 1. The monoisotopic (exact) mass is 305 g/mol. The lowest BCUT2D eigenvalue weighted by molar-refractivity contribution is 0.404. The van der Waals surface area contributed by atoms with Crippen molar-refractivity contribution in [3.63, 3.8) is 0 Å². The van der Waals surface area contributed by atoms with Crippen molar-refractivity contribution < 1.29 is 17.9 Å². The fourth-order valence-corrected chi connectivity index (χ4v) is 4.01. The van der Waals surface area contributed by atoms with E-state index in [1.807, 2.05) is 0 Å². The van der Waals surface area contributed by atoms with E-state index in [9.17, 15) is 8.42 Å². The molecule has 2 rings (SSSR count). The first-order valence-corrected chi connectivity index (χ1v) is 8.03. The summed E-state index contributed by atoms with van der Waals surface area (Å²) in [5.74, 6) is 1.44. The molecule has 0 amide bonds. The number of ether oxygens (including phenoxy) is 2. The first-order valence-electron chi connectivity index (χ1n) is 5.83. The molecule has 106 valence electrons. The highest BCUT2D eigenvalue weighted by Gasteiger charge is 2.28. The van der Waals surface area contributed by atoms with Crippen LogP contribution >= 0.6 is 11.6 Å². The predicted octanol–water partition coefficient (Wildman–Crippen LogP) is 1.96. The van der Waals surface area contributed by atoms with Gasteiger partial charge in [0.1, 0.15) is 11.5 Å². The van der Waals surface area contributed by atoms with Crippen LogP contribution in [0.5, 0.6) is 11.5 Å². The average Bonchev–Trinajstić information content (AvgIpc) is 2.70. The van der Waals surface area contributed by atoms with Crippen LogP contribution in [0.1, 0.15) is 6.42 Å². The van der Waals surface area contributed by atoms with Crippen molar-refractivity contribution in [1.82, 2.24) is 0 Å². The number of nitrogens with one attached hydrogen (secondary N) is 1. The molecule has 1 N–H and O–H groups in total. The van der Waals surface area contributed by atoms with Gasteiger partial charge < -0.3 is 14.8 Å². The van der Waals surface area contributed by atoms with Crippen molar-refractivity contribution in [3.8, 4) is 11.5 Å². The topological polar surface area (TPSA) is 64.6 Å². The molecular weight excluding hydrogens is 290 g/mol. The summed E-state index contributed by atoms with van der Waals surface area (Å²) in [5.41, 5.74) is 0.686. The molecule has 1 aliphatic heterocycles. The quantitative estimate of drug-likeness (QED) is 0.921. The van der Waals surface area contributed by atoms with Crippen molar-refractivity contribution in [2.24, 2.45) is 0 Å². The zero-order chi connectivity index (χ0) is 14.0. The molecule has 1 atom stereocenters. The Morgan fingerprint density at radius 1 is 1.26 bits per heavy atom. The van der Waals surface area contributed by atoms with E-state index < -0.39 is 9.84 Å². The Labute approximate surface area is 117 Å². The molecule has 1 unspecified atom stereocenters. The summed E-state index contributed by atoms with van der Waals surface area (Å²) in [5, 5.41) is 3.62. The highest BCUT2D eigenvalue weighted by molar-refractivity contribution is 7.91. The van der Waals surface area contributed by atoms with Gasteiger partial charge in [0.15, 0.2) is 9.84 Å². The van der Waals surface area contributed by atoms with E-state index in [1.165, 1.54) is 14.2 Å². The first kappa shape index (κ1) is 14.3. The molecular formula is C12H16ClNO4S. The van der Waals surface area contributed by atoms with E-state index in [-0.39, 0.29) is 17.5 Å². The fourth-order valence-electron chi connectivity index (χ4n) is 2.10. The highest BCUT2D eigenvalue weighted by Crippen LogP contribution is 2.36. The molecule has 1 fully saturated rings.